The van der Waals surface area contributed by atoms with Gasteiger partial charge in [0.25, 0.3) is 0 Å². The van der Waals surface area contributed by atoms with Crippen molar-refractivity contribution in [2.24, 2.45) is 0 Å². The van der Waals surface area contributed by atoms with E-state index in [2.05, 4.69) is 37.5 Å². The van der Waals surface area contributed by atoms with E-state index in [0.717, 1.165) is 11.8 Å². The summed E-state index contributed by atoms with van der Waals surface area (Å²) >= 11 is 6.47. The molecule has 10 nitrogen and oxygen atoms in total. The number of pyridine rings is 1. The molecule has 2 aromatic carbocycles. The lowest BCUT2D eigenvalue weighted by Gasteiger charge is -2.18. The molecule has 39 heavy (non-hydrogen) atoms. The van der Waals surface area contributed by atoms with Gasteiger partial charge in [0.05, 0.1) is 29.0 Å². The highest BCUT2D eigenvalue weighted by Gasteiger charge is 2.20. The second-order valence-corrected chi connectivity index (χ2v) is 8.74. The van der Waals surface area contributed by atoms with Gasteiger partial charge in [0.2, 0.25) is 11.8 Å². The molecule has 2 aromatic heterocycles. The smallest absolute Gasteiger partial charge is 0.247 e. The third kappa shape index (κ3) is 6.79. The van der Waals surface area contributed by atoms with Crippen LogP contribution in [-0.4, -0.2) is 39.9 Å². The quantitative estimate of drug-likeness (QED) is 0.224. The largest absolute Gasteiger partial charge is 0.494 e. The number of hydrogen-bond acceptors (Lipinski definition) is 8. The summed E-state index contributed by atoms with van der Waals surface area (Å²) < 4.78 is 11.3. The maximum atomic E-state index is 12.9. The Morgan fingerprint density at radius 3 is 2.64 bits per heavy atom. The van der Waals surface area contributed by atoms with Gasteiger partial charge in [-0.15, -0.1) is 0 Å². The fourth-order valence-corrected chi connectivity index (χ4v) is 3.96. The van der Waals surface area contributed by atoms with E-state index in [-0.39, 0.29) is 6.61 Å². The fraction of sp³-hybridized carbons (Fsp3) is 0.179. The number of halogens is 1. The first-order valence-corrected chi connectivity index (χ1v) is 12.5. The highest BCUT2D eigenvalue weighted by atomic mass is 35.5. The molecule has 11 heteroatoms. The average molecular weight is 547 g/mol. The van der Waals surface area contributed by atoms with Crippen molar-refractivity contribution < 1.29 is 19.1 Å². The number of nitrogens with one attached hydrogen (secondary N) is 3. The summed E-state index contributed by atoms with van der Waals surface area (Å²) in [5, 5.41) is 9.73. The predicted molar refractivity (Wildman–Crippen MR) is 150 cm³/mol. The van der Waals surface area contributed by atoms with E-state index in [0.29, 0.717) is 51.0 Å². The van der Waals surface area contributed by atoms with Crippen molar-refractivity contribution in [3.8, 4) is 11.5 Å². The highest BCUT2D eigenvalue weighted by Crippen LogP contribution is 2.34. The van der Waals surface area contributed by atoms with Gasteiger partial charge in [-0.25, -0.2) is 9.97 Å². The van der Waals surface area contributed by atoms with E-state index in [9.17, 15) is 9.59 Å². The number of ether oxygens (including phenoxy) is 2. The minimum absolute atomic E-state index is 0.288. The van der Waals surface area contributed by atoms with Crippen LogP contribution in [0, 0.1) is 0 Å². The Balaban J connectivity index is 1.57. The number of hydrogen-bond donors (Lipinski definition) is 3. The molecule has 4 rings (SSSR count). The van der Waals surface area contributed by atoms with Gasteiger partial charge < -0.3 is 25.4 Å². The number of carbonyl (C=O) groups is 2. The van der Waals surface area contributed by atoms with Crippen LogP contribution in [0.1, 0.15) is 19.0 Å². The lowest BCUT2D eigenvalue weighted by molar-refractivity contribution is -0.123. The third-order valence-electron chi connectivity index (χ3n) is 5.74. The summed E-state index contributed by atoms with van der Waals surface area (Å²) in [6.45, 7) is 5.51. The van der Waals surface area contributed by atoms with Crippen LogP contribution < -0.4 is 25.4 Å². The van der Waals surface area contributed by atoms with Crippen molar-refractivity contribution in [1.29, 1.82) is 0 Å². The number of anilines is 3. The second-order valence-electron chi connectivity index (χ2n) is 8.33. The summed E-state index contributed by atoms with van der Waals surface area (Å²) in [6, 6.07) is 13.6. The number of fused-ring (bicyclic) bond motifs is 1. The average Bonchev–Trinajstić information content (AvgIpc) is 2.95. The molecule has 0 radical (unpaired) electrons. The molecule has 2 amide bonds. The number of rotatable bonds is 11. The SMILES string of the molecule is C=CC(=O)NC(CC)C(=O)Nc1cc2c(Nc3ccc(OCc4ccccn4)c(Cl)c3)ncnc2cc1OC. The number of carbonyl (C=O) groups excluding carboxylic acids is 2. The summed E-state index contributed by atoms with van der Waals surface area (Å²) in [6.07, 6.45) is 4.63. The van der Waals surface area contributed by atoms with Gasteiger partial charge in [-0.2, -0.15) is 0 Å². The molecule has 0 spiro atoms. The van der Waals surface area contributed by atoms with Crippen LogP contribution in [0.4, 0.5) is 17.2 Å². The topological polar surface area (TPSA) is 127 Å². The monoisotopic (exact) mass is 546 g/mol. The van der Waals surface area contributed by atoms with Gasteiger partial charge in [-0.3, -0.25) is 14.6 Å². The van der Waals surface area contributed by atoms with E-state index in [4.69, 9.17) is 21.1 Å². The Bertz CT molecular complexity index is 1500. The first kappa shape index (κ1) is 27.3. The van der Waals surface area contributed by atoms with Gasteiger partial charge >= 0.3 is 0 Å². The molecule has 0 bridgehead atoms. The predicted octanol–water partition coefficient (Wildman–Crippen LogP) is 5.03. The highest BCUT2D eigenvalue weighted by molar-refractivity contribution is 6.32. The number of amides is 2. The Morgan fingerprint density at radius 1 is 1.10 bits per heavy atom. The fourth-order valence-electron chi connectivity index (χ4n) is 3.72. The molecular formula is C28H27ClN6O4. The summed E-state index contributed by atoms with van der Waals surface area (Å²) in [4.78, 5) is 37.6. The second kappa shape index (κ2) is 12.7. The van der Waals surface area contributed by atoms with Crippen LogP contribution >= 0.6 is 11.6 Å². The standard InChI is InChI=1S/C28H27ClN6O4/c1-4-21(34-26(36)5-2)28(37)35-23-13-19-22(14-25(23)38-3)31-16-32-27(19)33-17-9-10-24(20(29)12-17)39-15-18-8-6-7-11-30-18/h5-14,16,21H,2,4,15H2,1,3H3,(H,34,36)(H,35,37)(H,31,32,33). The van der Waals surface area contributed by atoms with Gasteiger partial charge in [0.1, 0.15) is 36.3 Å². The molecule has 0 aliphatic rings. The van der Waals surface area contributed by atoms with Crippen LogP contribution in [0.15, 0.2) is 73.7 Å². The summed E-state index contributed by atoms with van der Waals surface area (Å²) in [7, 11) is 1.49. The Morgan fingerprint density at radius 2 is 1.95 bits per heavy atom. The van der Waals surface area contributed by atoms with Crippen molar-refractivity contribution in [2.75, 3.05) is 17.7 Å². The van der Waals surface area contributed by atoms with Crippen LogP contribution in [0.2, 0.25) is 5.02 Å². The summed E-state index contributed by atoms with van der Waals surface area (Å²) in [5.74, 6) is 0.578. The van der Waals surface area contributed by atoms with E-state index < -0.39 is 17.9 Å². The first-order valence-electron chi connectivity index (χ1n) is 12.1. The van der Waals surface area contributed by atoms with Crippen LogP contribution in [0.3, 0.4) is 0 Å². The normalized spacial score (nSPS) is 11.4. The molecule has 200 valence electrons. The number of nitrogens with zero attached hydrogens (tertiary/aromatic N) is 3. The van der Waals surface area contributed by atoms with Crippen molar-refractivity contribution >= 4 is 51.5 Å². The number of benzene rings is 2. The molecule has 1 unspecified atom stereocenters. The zero-order chi connectivity index (χ0) is 27.8. The molecule has 0 saturated carbocycles. The van der Waals surface area contributed by atoms with Gasteiger partial charge in [0, 0.05) is 23.3 Å². The van der Waals surface area contributed by atoms with Crippen LogP contribution in [0.25, 0.3) is 10.9 Å². The molecule has 0 aliphatic heterocycles. The number of aromatic nitrogens is 3. The molecular weight excluding hydrogens is 520 g/mol. The van der Waals surface area contributed by atoms with E-state index >= 15 is 0 Å². The van der Waals surface area contributed by atoms with Gasteiger partial charge in [-0.1, -0.05) is 31.2 Å². The van der Waals surface area contributed by atoms with Crippen molar-refractivity contribution in [1.82, 2.24) is 20.3 Å². The van der Waals surface area contributed by atoms with Crippen LogP contribution in [0.5, 0.6) is 11.5 Å². The Kier molecular flexibility index (Phi) is 8.90. The lowest BCUT2D eigenvalue weighted by atomic mass is 10.1. The minimum Gasteiger partial charge on any atom is -0.494 e. The van der Waals surface area contributed by atoms with E-state index in [1.807, 2.05) is 24.3 Å². The van der Waals surface area contributed by atoms with Gasteiger partial charge in [0.15, 0.2) is 0 Å². The Hall–Kier alpha value is -4.70. The minimum atomic E-state index is -0.749. The molecule has 3 N–H and O–H groups in total. The molecule has 1 atom stereocenters. The molecule has 0 aliphatic carbocycles. The Labute approximate surface area is 230 Å². The maximum Gasteiger partial charge on any atom is 0.247 e. The molecule has 0 saturated heterocycles. The molecule has 4 aromatic rings. The van der Waals surface area contributed by atoms with Crippen molar-refractivity contribution in [3.05, 3.63) is 84.4 Å². The molecule has 2 heterocycles. The summed E-state index contributed by atoms with van der Waals surface area (Å²) in [5.41, 5.74) is 2.45. The van der Waals surface area contributed by atoms with Crippen molar-refractivity contribution in [2.45, 2.75) is 26.0 Å². The van der Waals surface area contributed by atoms with Crippen molar-refractivity contribution in [3.63, 3.8) is 0 Å². The van der Waals surface area contributed by atoms with Gasteiger partial charge in [-0.05, 0) is 48.9 Å². The van der Waals surface area contributed by atoms with E-state index in [1.54, 1.807) is 37.4 Å². The lowest BCUT2D eigenvalue weighted by Crippen LogP contribution is -2.42. The maximum absolute atomic E-state index is 12.9. The van der Waals surface area contributed by atoms with E-state index in [1.165, 1.54) is 13.4 Å². The van der Waals surface area contributed by atoms with Crippen LogP contribution in [-0.2, 0) is 16.2 Å². The first-order chi connectivity index (χ1) is 18.9. The number of methoxy groups -OCH3 is 1. The third-order valence-corrected chi connectivity index (χ3v) is 6.03. The molecule has 0 fully saturated rings. The zero-order valence-electron chi connectivity index (χ0n) is 21.4. The zero-order valence-corrected chi connectivity index (χ0v) is 22.2.